The Morgan fingerprint density at radius 2 is 1.79 bits per heavy atom. The van der Waals surface area contributed by atoms with Gasteiger partial charge in [-0.1, -0.05) is 32.9 Å². The number of rotatable bonds is 12. The van der Waals surface area contributed by atoms with Gasteiger partial charge in [0.1, 0.15) is 23.8 Å². The fraction of sp³-hybridized carbons (Fsp3) is 0.556. The van der Waals surface area contributed by atoms with Gasteiger partial charge in [-0.05, 0) is 44.9 Å². The Kier molecular flexibility index (Phi) is 10.8. The van der Waals surface area contributed by atoms with Crippen molar-refractivity contribution in [2.24, 2.45) is 17.0 Å². The predicted molar refractivity (Wildman–Crippen MR) is 143 cm³/mol. The normalized spacial score (nSPS) is 13.7. The van der Waals surface area contributed by atoms with Crippen molar-refractivity contribution in [3.63, 3.8) is 0 Å². The van der Waals surface area contributed by atoms with Crippen LogP contribution in [0.1, 0.15) is 65.7 Å². The van der Waals surface area contributed by atoms with Crippen molar-refractivity contribution in [3.05, 3.63) is 62.2 Å². The number of amides is 1. The van der Waals surface area contributed by atoms with Crippen LogP contribution >= 0.6 is 0 Å². The van der Waals surface area contributed by atoms with Crippen molar-refractivity contribution in [1.82, 2.24) is 14.5 Å². The van der Waals surface area contributed by atoms with Gasteiger partial charge in [0.2, 0.25) is 5.91 Å². The summed E-state index contributed by atoms with van der Waals surface area (Å²) in [4.78, 5) is 44.7. The lowest BCUT2D eigenvalue weighted by Gasteiger charge is -2.25. The molecule has 1 heterocycles. The summed E-state index contributed by atoms with van der Waals surface area (Å²) in [6.45, 7) is 12.0. The summed E-state index contributed by atoms with van der Waals surface area (Å²) in [6.07, 6.45) is -0.268. The highest BCUT2D eigenvalue weighted by molar-refractivity contribution is 5.97. The van der Waals surface area contributed by atoms with Crippen LogP contribution in [0.25, 0.3) is 0 Å². The van der Waals surface area contributed by atoms with E-state index in [2.05, 4.69) is 10.5 Å². The van der Waals surface area contributed by atoms with Crippen LogP contribution in [0.3, 0.4) is 0 Å². The maximum Gasteiger partial charge on any atom is 0.331 e. The number of benzene rings is 1. The molecule has 210 valence electrons. The lowest BCUT2D eigenvalue weighted by Crippen LogP contribution is -2.50. The van der Waals surface area contributed by atoms with E-state index in [1.165, 1.54) is 30.0 Å². The Morgan fingerprint density at radius 1 is 1.13 bits per heavy atom. The molecule has 2 rings (SSSR count). The van der Waals surface area contributed by atoms with Crippen molar-refractivity contribution in [1.29, 1.82) is 0 Å². The Labute approximate surface area is 222 Å². The van der Waals surface area contributed by atoms with Gasteiger partial charge in [0.05, 0.1) is 31.5 Å². The third-order valence-electron chi connectivity index (χ3n) is 5.98. The average molecular weight is 535 g/mol. The van der Waals surface area contributed by atoms with Gasteiger partial charge < -0.3 is 20.0 Å². The molecule has 1 aromatic carbocycles. The van der Waals surface area contributed by atoms with Gasteiger partial charge in [0.25, 0.3) is 5.56 Å². The summed E-state index contributed by atoms with van der Waals surface area (Å²) < 4.78 is 21.4. The van der Waals surface area contributed by atoms with Crippen LogP contribution < -0.4 is 21.3 Å². The van der Waals surface area contributed by atoms with Crippen molar-refractivity contribution >= 4 is 11.6 Å². The molecule has 0 aliphatic carbocycles. The van der Waals surface area contributed by atoms with Crippen LogP contribution in [0.5, 0.6) is 5.75 Å². The molecule has 0 saturated carbocycles. The van der Waals surface area contributed by atoms with Crippen molar-refractivity contribution in [2.45, 2.75) is 79.8 Å². The van der Waals surface area contributed by atoms with Gasteiger partial charge in [-0.2, -0.15) is 0 Å². The van der Waals surface area contributed by atoms with Crippen molar-refractivity contribution in [2.75, 3.05) is 7.11 Å². The summed E-state index contributed by atoms with van der Waals surface area (Å²) in [7, 11) is 1.39. The molecule has 10 nitrogen and oxygen atoms in total. The second kappa shape index (κ2) is 13.4. The van der Waals surface area contributed by atoms with Crippen molar-refractivity contribution < 1.29 is 23.9 Å². The molecule has 2 aromatic rings. The largest absolute Gasteiger partial charge is 0.496 e. The molecule has 0 spiro atoms. The third-order valence-corrected chi connectivity index (χ3v) is 5.98. The molecule has 2 atom stereocenters. The first kappa shape index (κ1) is 30.8. The SMILES string of the molecule is COc1ccc(F)cc1C(O)Cn1cc(/C(C)=N\OC(C)C)c(=O)n(CC(NC(=O)C(C)C)C(C)C)c1=O. The van der Waals surface area contributed by atoms with E-state index in [1.807, 2.05) is 13.8 Å². The maximum atomic E-state index is 13.9. The summed E-state index contributed by atoms with van der Waals surface area (Å²) >= 11 is 0. The number of aromatic nitrogens is 2. The van der Waals surface area contributed by atoms with E-state index in [0.29, 0.717) is 0 Å². The lowest BCUT2D eigenvalue weighted by atomic mass is 10.0. The highest BCUT2D eigenvalue weighted by atomic mass is 19.1. The Bertz CT molecular complexity index is 1270. The van der Waals surface area contributed by atoms with E-state index in [9.17, 15) is 23.9 Å². The summed E-state index contributed by atoms with van der Waals surface area (Å²) in [5, 5.41) is 17.9. The van der Waals surface area contributed by atoms with E-state index in [-0.39, 0.29) is 59.5 Å². The second-order valence-electron chi connectivity index (χ2n) is 10.1. The molecule has 0 bridgehead atoms. The zero-order valence-electron chi connectivity index (χ0n) is 23.3. The predicted octanol–water partition coefficient (Wildman–Crippen LogP) is 2.84. The van der Waals surface area contributed by atoms with Crippen molar-refractivity contribution in [3.8, 4) is 5.75 Å². The minimum absolute atomic E-state index is 0.0846. The molecular weight excluding hydrogens is 495 g/mol. The van der Waals surface area contributed by atoms with Gasteiger partial charge in [-0.25, -0.2) is 9.18 Å². The number of carbonyl (C=O) groups is 1. The number of halogens is 1. The van der Waals surface area contributed by atoms with Crippen LogP contribution in [0.4, 0.5) is 4.39 Å². The number of hydrogen-bond donors (Lipinski definition) is 2. The fourth-order valence-electron chi connectivity index (χ4n) is 3.65. The first-order chi connectivity index (χ1) is 17.8. The van der Waals surface area contributed by atoms with E-state index in [4.69, 9.17) is 9.57 Å². The average Bonchev–Trinajstić information content (AvgIpc) is 2.85. The molecule has 0 aliphatic heterocycles. The maximum absolute atomic E-state index is 13.9. The van der Waals surface area contributed by atoms with Gasteiger partial charge in [0, 0.05) is 23.7 Å². The molecule has 1 aromatic heterocycles. The van der Waals surface area contributed by atoms with E-state index in [1.54, 1.807) is 34.6 Å². The summed E-state index contributed by atoms with van der Waals surface area (Å²) in [5.41, 5.74) is -0.841. The topological polar surface area (TPSA) is 124 Å². The smallest absolute Gasteiger partial charge is 0.331 e. The highest BCUT2D eigenvalue weighted by Gasteiger charge is 2.24. The molecule has 0 aliphatic rings. The van der Waals surface area contributed by atoms with E-state index < -0.39 is 29.2 Å². The van der Waals surface area contributed by atoms with Crippen LogP contribution in [0.2, 0.25) is 0 Å². The number of oxime groups is 1. The lowest BCUT2D eigenvalue weighted by molar-refractivity contribution is -0.125. The van der Waals surface area contributed by atoms with Gasteiger partial charge in [0.15, 0.2) is 0 Å². The van der Waals surface area contributed by atoms with Crippen LogP contribution in [0, 0.1) is 17.7 Å². The van der Waals surface area contributed by atoms with E-state index >= 15 is 0 Å². The molecule has 2 N–H and O–H groups in total. The number of nitrogens with zero attached hydrogens (tertiary/aromatic N) is 3. The zero-order chi connectivity index (χ0) is 28.7. The first-order valence-electron chi connectivity index (χ1n) is 12.6. The number of nitrogens with one attached hydrogen (secondary N) is 1. The Hall–Kier alpha value is -3.47. The highest BCUT2D eigenvalue weighted by Crippen LogP contribution is 2.27. The molecule has 0 radical (unpaired) electrons. The number of aliphatic hydroxyl groups excluding tert-OH is 1. The standard InChI is InChI=1S/C27H39FN4O6/c1-15(2)22(29-25(34)16(3)4)13-32-26(35)21(18(7)30-38-17(5)6)12-31(27(32)36)14-23(33)20-11-19(28)9-10-24(20)37-8/h9-12,15-17,22-23,33H,13-14H2,1-8H3,(H,29,34)/b30-18-. The first-order valence-corrected chi connectivity index (χ1v) is 12.6. The number of ether oxygens (including phenoxy) is 1. The molecule has 38 heavy (non-hydrogen) atoms. The van der Waals surface area contributed by atoms with E-state index in [0.717, 1.165) is 10.6 Å². The molecule has 2 unspecified atom stereocenters. The third kappa shape index (κ3) is 7.77. The van der Waals surface area contributed by atoms with Crippen LogP contribution in [-0.2, 0) is 22.7 Å². The van der Waals surface area contributed by atoms with Gasteiger partial charge >= 0.3 is 5.69 Å². The minimum Gasteiger partial charge on any atom is -0.496 e. The summed E-state index contributed by atoms with van der Waals surface area (Å²) in [6, 6.07) is 3.20. The van der Waals surface area contributed by atoms with Gasteiger partial charge in [-0.15, -0.1) is 0 Å². The number of hydrogen-bond acceptors (Lipinski definition) is 7. The zero-order valence-corrected chi connectivity index (χ0v) is 23.3. The molecule has 1 amide bonds. The van der Waals surface area contributed by atoms with Crippen LogP contribution in [-0.4, -0.2) is 45.1 Å². The number of carbonyl (C=O) groups excluding carboxylic acids is 1. The number of aliphatic hydroxyl groups is 1. The summed E-state index contributed by atoms with van der Waals surface area (Å²) in [5.74, 6) is -0.908. The number of methoxy groups -OCH3 is 1. The fourth-order valence-corrected chi connectivity index (χ4v) is 3.65. The second-order valence-corrected chi connectivity index (χ2v) is 10.1. The molecule has 11 heteroatoms. The Balaban J connectivity index is 2.64. The monoisotopic (exact) mass is 534 g/mol. The Morgan fingerprint density at radius 3 is 2.34 bits per heavy atom. The molecular formula is C27H39FN4O6. The van der Waals surface area contributed by atoms with Gasteiger partial charge in [-0.3, -0.25) is 18.7 Å². The quantitative estimate of drug-likeness (QED) is 0.319. The molecule has 0 saturated heterocycles. The molecule has 0 fully saturated rings. The van der Waals surface area contributed by atoms with Crippen LogP contribution in [0.15, 0.2) is 39.1 Å². The minimum atomic E-state index is -1.33.